The monoisotopic (exact) mass is 262 g/mol. The molecule has 5 nitrogen and oxygen atoms in total. The van der Waals surface area contributed by atoms with Gasteiger partial charge in [-0.1, -0.05) is 23.5 Å². The van der Waals surface area contributed by atoms with Crippen LogP contribution in [0.25, 0.3) is 10.2 Å². The molecule has 2 aromatic rings. The van der Waals surface area contributed by atoms with E-state index in [1.807, 2.05) is 29.3 Å². The third-order valence-electron chi connectivity index (χ3n) is 2.88. The van der Waals surface area contributed by atoms with E-state index in [0.29, 0.717) is 5.13 Å². The Morgan fingerprint density at radius 1 is 1.28 bits per heavy atom. The van der Waals surface area contributed by atoms with Crippen molar-refractivity contribution >= 4 is 32.7 Å². The fraction of sp³-hybridized carbons (Fsp3) is 0.333. The molecule has 0 atom stereocenters. The zero-order valence-electron chi connectivity index (χ0n) is 9.85. The van der Waals surface area contributed by atoms with Crippen LogP contribution in [0.3, 0.4) is 0 Å². The molecule has 3 rings (SSSR count). The van der Waals surface area contributed by atoms with Crippen LogP contribution < -0.4 is 10.7 Å². The number of hydrogen-bond acceptors (Lipinski definition) is 4. The Kier molecular flexibility index (Phi) is 3.12. The second kappa shape index (κ2) is 4.91. The van der Waals surface area contributed by atoms with Crippen molar-refractivity contribution in [2.45, 2.75) is 12.8 Å². The van der Waals surface area contributed by atoms with Gasteiger partial charge in [0.05, 0.1) is 10.2 Å². The van der Waals surface area contributed by atoms with Crippen LogP contribution in [0, 0.1) is 0 Å². The molecule has 2 amide bonds. The van der Waals surface area contributed by atoms with E-state index in [2.05, 4.69) is 15.7 Å². The third-order valence-corrected chi connectivity index (χ3v) is 3.83. The highest BCUT2D eigenvalue weighted by atomic mass is 32.1. The summed E-state index contributed by atoms with van der Waals surface area (Å²) in [5, 5.41) is 5.34. The van der Waals surface area contributed by atoms with Gasteiger partial charge < -0.3 is 0 Å². The zero-order chi connectivity index (χ0) is 12.4. The molecule has 1 aliphatic rings. The Morgan fingerprint density at radius 2 is 2.06 bits per heavy atom. The molecular formula is C12H14N4OS. The molecule has 0 bridgehead atoms. The highest BCUT2D eigenvalue weighted by Gasteiger charge is 2.14. The van der Waals surface area contributed by atoms with Crippen molar-refractivity contribution < 1.29 is 4.79 Å². The lowest BCUT2D eigenvalue weighted by Crippen LogP contribution is -2.42. The SMILES string of the molecule is O=C(Nc1nc2ccccc2s1)NN1CCCC1. The predicted molar refractivity (Wildman–Crippen MR) is 72.6 cm³/mol. The summed E-state index contributed by atoms with van der Waals surface area (Å²) in [4.78, 5) is 16.1. The fourth-order valence-corrected chi connectivity index (χ4v) is 2.88. The summed E-state index contributed by atoms with van der Waals surface area (Å²) in [5.74, 6) is 0. The lowest BCUT2D eigenvalue weighted by molar-refractivity contribution is 0.209. The molecular weight excluding hydrogens is 248 g/mol. The first-order chi connectivity index (χ1) is 8.81. The Hall–Kier alpha value is -1.66. The van der Waals surface area contributed by atoms with E-state index in [1.54, 1.807) is 0 Å². The number of aromatic nitrogens is 1. The molecule has 1 aromatic carbocycles. The van der Waals surface area contributed by atoms with E-state index >= 15 is 0 Å². The van der Waals surface area contributed by atoms with Gasteiger partial charge in [0, 0.05) is 13.1 Å². The summed E-state index contributed by atoms with van der Waals surface area (Å²) >= 11 is 1.48. The molecule has 2 N–H and O–H groups in total. The van der Waals surface area contributed by atoms with E-state index in [-0.39, 0.29) is 6.03 Å². The number of rotatable bonds is 2. The Balaban J connectivity index is 1.66. The molecule has 0 aliphatic carbocycles. The van der Waals surface area contributed by atoms with E-state index in [1.165, 1.54) is 11.3 Å². The maximum absolute atomic E-state index is 11.7. The average molecular weight is 262 g/mol. The molecule has 1 aromatic heterocycles. The van der Waals surface area contributed by atoms with Crippen LogP contribution in [0.2, 0.25) is 0 Å². The van der Waals surface area contributed by atoms with Crippen LogP contribution in [-0.4, -0.2) is 29.1 Å². The number of hydrazine groups is 1. The zero-order valence-corrected chi connectivity index (χ0v) is 10.7. The van der Waals surface area contributed by atoms with Crippen LogP contribution in [0.15, 0.2) is 24.3 Å². The van der Waals surface area contributed by atoms with Crippen molar-refractivity contribution in [3.63, 3.8) is 0 Å². The number of carbonyl (C=O) groups excluding carboxylic acids is 1. The number of para-hydroxylation sites is 1. The highest BCUT2D eigenvalue weighted by molar-refractivity contribution is 7.22. The van der Waals surface area contributed by atoms with Gasteiger partial charge in [0.1, 0.15) is 0 Å². The van der Waals surface area contributed by atoms with Crippen molar-refractivity contribution in [3.05, 3.63) is 24.3 Å². The number of urea groups is 1. The Morgan fingerprint density at radius 3 is 2.83 bits per heavy atom. The van der Waals surface area contributed by atoms with Gasteiger partial charge in [0.25, 0.3) is 0 Å². The van der Waals surface area contributed by atoms with E-state index in [9.17, 15) is 4.79 Å². The van der Waals surface area contributed by atoms with E-state index in [4.69, 9.17) is 0 Å². The second-order valence-corrected chi connectivity index (χ2v) is 5.28. The summed E-state index contributed by atoms with van der Waals surface area (Å²) in [5.41, 5.74) is 3.74. The minimum absolute atomic E-state index is 0.212. The first-order valence-corrected chi connectivity index (χ1v) is 6.81. The molecule has 0 unspecified atom stereocenters. The van der Waals surface area contributed by atoms with Crippen LogP contribution >= 0.6 is 11.3 Å². The minimum atomic E-state index is -0.212. The lowest BCUT2D eigenvalue weighted by Gasteiger charge is -2.15. The van der Waals surface area contributed by atoms with Gasteiger partial charge in [-0.25, -0.2) is 14.8 Å². The van der Waals surface area contributed by atoms with Crippen molar-refractivity contribution in [2.75, 3.05) is 18.4 Å². The summed E-state index contributed by atoms with van der Waals surface area (Å²) in [6, 6.07) is 7.63. The van der Waals surface area contributed by atoms with Crippen LogP contribution in [-0.2, 0) is 0 Å². The molecule has 18 heavy (non-hydrogen) atoms. The average Bonchev–Trinajstić information content (AvgIpc) is 2.96. The van der Waals surface area contributed by atoms with Crippen molar-refractivity contribution in [2.24, 2.45) is 0 Å². The van der Waals surface area contributed by atoms with Crippen molar-refractivity contribution in [1.29, 1.82) is 0 Å². The molecule has 1 fully saturated rings. The molecule has 0 saturated carbocycles. The maximum Gasteiger partial charge on any atom is 0.335 e. The van der Waals surface area contributed by atoms with Gasteiger partial charge in [-0.3, -0.25) is 10.7 Å². The molecule has 2 heterocycles. The molecule has 0 radical (unpaired) electrons. The number of hydrogen-bond donors (Lipinski definition) is 2. The number of amides is 2. The minimum Gasteiger partial charge on any atom is -0.282 e. The number of thiazole rings is 1. The smallest absolute Gasteiger partial charge is 0.282 e. The normalized spacial score (nSPS) is 16.0. The third kappa shape index (κ3) is 2.44. The standard InChI is InChI=1S/C12H14N4OS/c17-11(15-16-7-3-4-8-16)14-12-13-9-5-1-2-6-10(9)18-12/h1-2,5-6H,3-4,7-8H2,(H2,13,14,15,17). The first-order valence-electron chi connectivity index (χ1n) is 5.99. The number of carbonyl (C=O) groups is 1. The summed E-state index contributed by atoms with van der Waals surface area (Å²) in [6.45, 7) is 1.85. The van der Waals surface area contributed by atoms with Gasteiger partial charge in [-0.15, -0.1) is 0 Å². The van der Waals surface area contributed by atoms with Crippen LogP contribution in [0.1, 0.15) is 12.8 Å². The molecule has 1 aliphatic heterocycles. The fourth-order valence-electron chi connectivity index (χ4n) is 2.02. The number of fused-ring (bicyclic) bond motifs is 1. The quantitative estimate of drug-likeness (QED) is 0.874. The Bertz CT molecular complexity index is 529. The van der Waals surface area contributed by atoms with Gasteiger partial charge in [-0.05, 0) is 25.0 Å². The van der Waals surface area contributed by atoms with E-state index in [0.717, 1.165) is 36.1 Å². The molecule has 0 spiro atoms. The number of anilines is 1. The molecule has 94 valence electrons. The van der Waals surface area contributed by atoms with Crippen molar-refractivity contribution in [3.8, 4) is 0 Å². The summed E-state index contributed by atoms with van der Waals surface area (Å²) in [6.07, 6.45) is 2.28. The number of benzene rings is 1. The highest BCUT2D eigenvalue weighted by Crippen LogP contribution is 2.25. The lowest BCUT2D eigenvalue weighted by atomic mass is 10.3. The summed E-state index contributed by atoms with van der Waals surface area (Å²) in [7, 11) is 0. The van der Waals surface area contributed by atoms with Gasteiger partial charge in [0.15, 0.2) is 5.13 Å². The Labute approximate surface area is 109 Å². The summed E-state index contributed by atoms with van der Waals surface area (Å²) < 4.78 is 1.08. The first kappa shape index (κ1) is 11.4. The second-order valence-electron chi connectivity index (χ2n) is 4.25. The number of nitrogens with one attached hydrogen (secondary N) is 2. The van der Waals surface area contributed by atoms with Crippen LogP contribution in [0.5, 0.6) is 0 Å². The maximum atomic E-state index is 11.7. The van der Waals surface area contributed by atoms with Gasteiger partial charge >= 0.3 is 6.03 Å². The van der Waals surface area contributed by atoms with E-state index < -0.39 is 0 Å². The molecule has 1 saturated heterocycles. The van der Waals surface area contributed by atoms with Crippen LogP contribution in [0.4, 0.5) is 9.93 Å². The van der Waals surface area contributed by atoms with Gasteiger partial charge in [-0.2, -0.15) is 0 Å². The topological polar surface area (TPSA) is 57.3 Å². The largest absolute Gasteiger partial charge is 0.335 e. The molecule has 6 heteroatoms. The number of nitrogens with zero attached hydrogens (tertiary/aromatic N) is 2. The van der Waals surface area contributed by atoms with Crippen molar-refractivity contribution in [1.82, 2.24) is 15.4 Å². The predicted octanol–water partition coefficient (Wildman–Crippen LogP) is 2.43. The van der Waals surface area contributed by atoms with Gasteiger partial charge in [0.2, 0.25) is 0 Å².